The minimum atomic E-state index is -0.525. The standard InChI is InChI=1S/C12H19N5OS/c1-17-10(11(13)18)9(7-14-17)16-12(19)15-8-5-3-2-4-6-8/h7-8H,2-6H2,1H3,(H2,13,18)(H2,15,16,19). The minimum Gasteiger partial charge on any atom is -0.364 e. The van der Waals surface area contributed by atoms with Crippen LogP contribution in [0.3, 0.4) is 0 Å². The number of nitrogens with zero attached hydrogens (tertiary/aromatic N) is 2. The van der Waals surface area contributed by atoms with Gasteiger partial charge >= 0.3 is 0 Å². The predicted molar refractivity (Wildman–Crippen MR) is 78.0 cm³/mol. The number of nitrogens with two attached hydrogens (primary N) is 1. The van der Waals surface area contributed by atoms with Crippen molar-refractivity contribution in [1.82, 2.24) is 15.1 Å². The predicted octanol–water partition coefficient (Wildman–Crippen LogP) is 1.14. The highest BCUT2D eigenvalue weighted by atomic mass is 32.1. The van der Waals surface area contributed by atoms with Crippen molar-refractivity contribution in [3.63, 3.8) is 0 Å². The summed E-state index contributed by atoms with van der Waals surface area (Å²) in [6.07, 6.45) is 7.59. The molecule has 4 N–H and O–H groups in total. The second-order valence-electron chi connectivity index (χ2n) is 4.83. The molecule has 6 nitrogen and oxygen atoms in total. The van der Waals surface area contributed by atoms with E-state index in [1.807, 2.05) is 0 Å². The first-order chi connectivity index (χ1) is 9.08. The van der Waals surface area contributed by atoms with Gasteiger partial charge in [0, 0.05) is 13.1 Å². The van der Waals surface area contributed by atoms with Crippen LogP contribution >= 0.6 is 12.2 Å². The molecule has 0 bridgehead atoms. The molecule has 1 heterocycles. The summed E-state index contributed by atoms with van der Waals surface area (Å²) in [5.41, 5.74) is 6.19. The van der Waals surface area contributed by atoms with Gasteiger partial charge in [-0.3, -0.25) is 9.48 Å². The fourth-order valence-electron chi connectivity index (χ4n) is 2.41. The average Bonchev–Trinajstić information content (AvgIpc) is 2.71. The van der Waals surface area contributed by atoms with Crippen molar-refractivity contribution in [1.29, 1.82) is 0 Å². The highest BCUT2D eigenvalue weighted by Crippen LogP contribution is 2.18. The summed E-state index contributed by atoms with van der Waals surface area (Å²) in [5.74, 6) is -0.525. The monoisotopic (exact) mass is 281 g/mol. The maximum absolute atomic E-state index is 11.3. The number of hydrogen-bond donors (Lipinski definition) is 3. The molecule has 1 aromatic heterocycles. The Labute approximate surface area is 117 Å². The van der Waals surface area contributed by atoms with Gasteiger partial charge in [0.1, 0.15) is 5.69 Å². The Bertz CT molecular complexity index is 478. The van der Waals surface area contributed by atoms with E-state index < -0.39 is 5.91 Å². The van der Waals surface area contributed by atoms with Crippen molar-refractivity contribution >= 4 is 28.9 Å². The van der Waals surface area contributed by atoms with Crippen LogP contribution in [0.25, 0.3) is 0 Å². The number of nitrogens with one attached hydrogen (secondary N) is 2. The first-order valence-corrected chi connectivity index (χ1v) is 6.88. The fraction of sp³-hybridized carbons (Fsp3) is 0.583. The molecule has 2 rings (SSSR count). The number of thiocarbonyl (C=S) groups is 1. The largest absolute Gasteiger partial charge is 0.364 e. The van der Waals surface area contributed by atoms with E-state index >= 15 is 0 Å². The summed E-state index contributed by atoms with van der Waals surface area (Å²) in [4.78, 5) is 11.3. The van der Waals surface area contributed by atoms with Crippen molar-refractivity contribution in [2.45, 2.75) is 38.1 Å². The number of carbonyl (C=O) groups excluding carboxylic acids is 1. The van der Waals surface area contributed by atoms with Gasteiger partial charge in [-0.15, -0.1) is 0 Å². The molecule has 0 atom stereocenters. The molecule has 0 radical (unpaired) electrons. The molecule has 0 aromatic carbocycles. The van der Waals surface area contributed by atoms with E-state index in [0.717, 1.165) is 12.8 Å². The molecule has 0 spiro atoms. The molecule has 1 aliphatic carbocycles. The van der Waals surface area contributed by atoms with E-state index in [9.17, 15) is 4.79 Å². The molecule has 104 valence electrons. The minimum absolute atomic E-state index is 0.327. The Morgan fingerprint density at radius 1 is 1.47 bits per heavy atom. The fourth-order valence-corrected chi connectivity index (χ4v) is 2.69. The third-order valence-electron chi connectivity index (χ3n) is 3.36. The molecule has 19 heavy (non-hydrogen) atoms. The van der Waals surface area contributed by atoms with Crippen LogP contribution in [0.1, 0.15) is 42.6 Å². The van der Waals surface area contributed by atoms with Crippen LogP contribution in [0.5, 0.6) is 0 Å². The van der Waals surface area contributed by atoms with Gasteiger partial charge < -0.3 is 16.4 Å². The summed E-state index contributed by atoms with van der Waals surface area (Å²) in [5, 5.41) is 10.8. The Morgan fingerprint density at radius 3 is 2.79 bits per heavy atom. The first kappa shape index (κ1) is 13.8. The Balaban J connectivity index is 1.96. The number of amides is 1. The third-order valence-corrected chi connectivity index (χ3v) is 3.58. The zero-order chi connectivity index (χ0) is 13.8. The van der Waals surface area contributed by atoms with E-state index in [1.54, 1.807) is 13.2 Å². The number of rotatable bonds is 3. The van der Waals surface area contributed by atoms with Gasteiger partial charge in [0.15, 0.2) is 5.11 Å². The molecule has 1 aliphatic rings. The van der Waals surface area contributed by atoms with Crippen LogP contribution in [-0.4, -0.2) is 26.8 Å². The zero-order valence-electron chi connectivity index (χ0n) is 11.0. The number of anilines is 1. The summed E-state index contributed by atoms with van der Waals surface area (Å²) in [7, 11) is 1.67. The number of carbonyl (C=O) groups is 1. The van der Waals surface area contributed by atoms with Crippen LogP contribution < -0.4 is 16.4 Å². The highest BCUT2D eigenvalue weighted by Gasteiger charge is 2.17. The van der Waals surface area contributed by atoms with Gasteiger partial charge in [-0.05, 0) is 25.1 Å². The normalized spacial score (nSPS) is 16.1. The average molecular weight is 281 g/mol. The Kier molecular flexibility index (Phi) is 4.36. The van der Waals surface area contributed by atoms with Gasteiger partial charge in [0.2, 0.25) is 0 Å². The van der Waals surface area contributed by atoms with E-state index in [2.05, 4.69) is 15.7 Å². The molecular formula is C12H19N5OS. The molecule has 0 aliphatic heterocycles. The Morgan fingerprint density at radius 2 is 2.16 bits per heavy atom. The highest BCUT2D eigenvalue weighted by molar-refractivity contribution is 7.80. The van der Waals surface area contributed by atoms with Crippen LogP contribution in [0.4, 0.5) is 5.69 Å². The topological polar surface area (TPSA) is 85.0 Å². The molecular weight excluding hydrogens is 262 g/mol. The maximum Gasteiger partial charge on any atom is 0.269 e. The van der Waals surface area contributed by atoms with Gasteiger partial charge in [0.25, 0.3) is 5.91 Å². The second kappa shape index (κ2) is 6.01. The van der Waals surface area contributed by atoms with E-state index in [1.165, 1.54) is 23.9 Å². The molecule has 1 fully saturated rings. The van der Waals surface area contributed by atoms with Crippen molar-refractivity contribution in [3.05, 3.63) is 11.9 Å². The number of hydrogen-bond acceptors (Lipinski definition) is 3. The lowest BCUT2D eigenvalue weighted by atomic mass is 9.96. The van der Waals surface area contributed by atoms with Crippen molar-refractivity contribution in [2.75, 3.05) is 5.32 Å². The van der Waals surface area contributed by atoms with Gasteiger partial charge in [-0.25, -0.2) is 0 Å². The molecule has 0 unspecified atom stereocenters. The first-order valence-electron chi connectivity index (χ1n) is 6.47. The van der Waals surface area contributed by atoms with E-state index in [-0.39, 0.29) is 0 Å². The number of primary amides is 1. The quantitative estimate of drug-likeness (QED) is 0.723. The van der Waals surface area contributed by atoms with Crippen LogP contribution in [0.15, 0.2) is 6.20 Å². The molecule has 7 heteroatoms. The lowest BCUT2D eigenvalue weighted by Crippen LogP contribution is -2.39. The molecule has 1 saturated carbocycles. The summed E-state index contributed by atoms with van der Waals surface area (Å²) in [6.45, 7) is 0. The van der Waals surface area contributed by atoms with E-state index in [4.69, 9.17) is 18.0 Å². The van der Waals surface area contributed by atoms with E-state index in [0.29, 0.717) is 22.5 Å². The third kappa shape index (κ3) is 3.44. The van der Waals surface area contributed by atoms with Crippen molar-refractivity contribution < 1.29 is 4.79 Å². The van der Waals surface area contributed by atoms with Crippen LogP contribution in [0.2, 0.25) is 0 Å². The number of aromatic nitrogens is 2. The smallest absolute Gasteiger partial charge is 0.269 e. The lowest BCUT2D eigenvalue weighted by molar-refractivity contribution is 0.0992. The van der Waals surface area contributed by atoms with Crippen LogP contribution in [0, 0.1) is 0 Å². The van der Waals surface area contributed by atoms with Gasteiger partial charge in [-0.1, -0.05) is 19.3 Å². The SMILES string of the molecule is Cn1ncc(NC(=S)NC2CCCCC2)c1C(N)=O. The lowest BCUT2D eigenvalue weighted by Gasteiger charge is -2.24. The number of aryl methyl sites for hydroxylation is 1. The zero-order valence-corrected chi connectivity index (χ0v) is 11.8. The summed E-state index contributed by atoms with van der Waals surface area (Å²) < 4.78 is 1.44. The molecule has 0 saturated heterocycles. The molecule has 1 amide bonds. The van der Waals surface area contributed by atoms with Crippen molar-refractivity contribution in [2.24, 2.45) is 12.8 Å². The second-order valence-corrected chi connectivity index (χ2v) is 5.24. The van der Waals surface area contributed by atoms with Crippen LogP contribution in [-0.2, 0) is 7.05 Å². The maximum atomic E-state index is 11.3. The van der Waals surface area contributed by atoms with Gasteiger partial charge in [-0.2, -0.15) is 5.10 Å². The van der Waals surface area contributed by atoms with Gasteiger partial charge in [0.05, 0.1) is 11.9 Å². The summed E-state index contributed by atoms with van der Waals surface area (Å²) >= 11 is 5.26. The van der Waals surface area contributed by atoms with Crippen molar-refractivity contribution in [3.8, 4) is 0 Å². The summed E-state index contributed by atoms with van der Waals surface area (Å²) in [6, 6.07) is 0.419. The molecule has 1 aromatic rings. The Hall–Kier alpha value is -1.63.